The number of hydrogen-bond donors (Lipinski definition) is 1. The van der Waals surface area contributed by atoms with Crippen LogP contribution in [0.3, 0.4) is 0 Å². The molecule has 66 valence electrons. The van der Waals surface area contributed by atoms with Crippen molar-refractivity contribution in [1.82, 2.24) is 4.90 Å². The zero-order valence-corrected chi connectivity index (χ0v) is 8.55. The molecular weight excluding hydrogens is 206 g/mol. The largest absolute Gasteiger partial charge is 0.393 e. The van der Waals surface area contributed by atoms with Crippen LogP contribution in [0.2, 0.25) is 0 Å². The zero-order chi connectivity index (χ0) is 8.27. The predicted octanol–water partition coefficient (Wildman–Crippen LogP) is 1.08. The Hall–Kier alpha value is 0.400. The van der Waals surface area contributed by atoms with E-state index < -0.39 is 0 Å². The van der Waals surface area contributed by atoms with E-state index in [1.807, 2.05) is 6.92 Å². The predicted molar refractivity (Wildman–Crippen MR) is 50.0 cm³/mol. The second-order valence-electron chi connectivity index (χ2n) is 3.28. The van der Waals surface area contributed by atoms with E-state index in [2.05, 4.69) is 20.8 Å². The van der Waals surface area contributed by atoms with Crippen molar-refractivity contribution in [3.63, 3.8) is 0 Å². The van der Waals surface area contributed by atoms with Crippen molar-refractivity contribution < 1.29 is 5.11 Å². The molecule has 1 heterocycles. The van der Waals surface area contributed by atoms with Crippen molar-refractivity contribution in [2.75, 3.05) is 25.0 Å². The molecule has 11 heavy (non-hydrogen) atoms. The van der Waals surface area contributed by atoms with E-state index in [4.69, 9.17) is 0 Å². The Kier molecular flexibility index (Phi) is 3.82. The molecule has 0 spiro atoms. The minimum Gasteiger partial charge on any atom is -0.393 e. The first-order valence-electron chi connectivity index (χ1n) is 4.20. The van der Waals surface area contributed by atoms with E-state index >= 15 is 0 Å². The lowest BCUT2D eigenvalue weighted by molar-refractivity contribution is 0.128. The number of nitrogens with zero attached hydrogens (tertiary/aromatic N) is 1. The third kappa shape index (κ3) is 2.73. The van der Waals surface area contributed by atoms with Gasteiger partial charge in [-0.15, -0.1) is 0 Å². The van der Waals surface area contributed by atoms with Crippen LogP contribution < -0.4 is 0 Å². The topological polar surface area (TPSA) is 23.5 Å². The van der Waals surface area contributed by atoms with Crippen molar-refractivity contribution in [3.05, 3.63) is 0 Å². The Morgan fingerprint density at radius 3 is 2.91 bits per heavy atom. The highest BCUT2D eigenvalue weighted by Crippen LogP contribution is 2.19. The molecular formula is C8H16BrNO. The van der Waals surface area contributed by atoms with Gasteiger partial charge in [0.15, 0.2) is 0 Å². The molecule has 2 nitrogen and oxygen atoms in total. The Morgan fingerprint density at radius 1 is 1.73 bits per heavy atom. The quantitative estimate of drug-likeness (QED) is 0.722. The summed E-state index contributed by atoms with van der Waals surface area (Å²) in [7, 11) is 0. The molecule has 1 saturated heterocycles. The van der Waals surface area contributed by atoms with Crippen LogP contribution >= 0.6 is 15.9 Å². The first-order chi connectivity index (χ1) is 5.24. The maximum absolute atomic E-state index is 9.30. The lowest BCUT2D eigenvalue weighted by Crippen LogP contribution is -2.25. The van der Waals surface area contributed by atoms with E-state index in [0.717, 1.165) is 31.4 Å². The van der Waals surface area contributed by atoms with Crippen LogP contribution in [0.15, 0.2) is 0 Å². The first kappa shape index (κ1) is 9.49. The van der Waals surface area contributed by atoms with Crippen molar-refractivity contribution in [2.24, 2.45) is 5.92 Å². The van der Waals surface area contributed by atoms with Gasteiger partial charge < -0.3 is 10.0 Å². The normalized spacial score (nSPS) is 29.2. The molecule has 0 amide bonds. The van der Waals surface area contributed by atoms with Gasteiger partial charge in [-0.05, 0) is 25.8 Å². The van der Waals surface area contributed by atoms with Crippen LogP contribution in [0.1, 0.15) is 13.3 Å². The van der Waals surface area contributed by atoms with Gasteiger partial charge in [0.05, 0.1) is 6.10 Å². The van der Waals surface area contributed by atoms with Crippen molar-refractivity contribution in [2.45, 2.75) is 19.4 Å². The molecule has 1 rings (SSSR count). The van der Waals surface area contributed by atoms with Crippen molar-refractivity contribution >= 4 is 15.9 Å². The minimum absolute atomic E-state index is 0.129. The van der Waals surface area contributed by atoms with Gasteiger partial charge in [-0.3, -0.25) is 0 Å². The number of likely N-dealkylation sites (tertiary alicyclic amines) is 1. The van der Waals surface area contributed by atoms with Gasteiger partial charge in [-0.2, -0.15) is 0 Å². The summed E-state index contributed by atoms with van der Waals surface area (Å²) in [6, 6.07) is 0. The molecule has 3 heteroatoms. The lowest BCUT2D eigenvalue weighted by Gasteiger charge is -2.15. The smallest absolute Gasteiger partial charge is 0.0552 e. The van der Waals surface area contributed by atoms with Crippen molar-refractivity contribution in [3.8, 4) is 0 Å². The fourth-order valence-electron chi connectivity index (χ4n) is 1.58. The minimum atomic E-state index is -0.129. The highest BCUT2D eigenvalue weighted by atomic mass is 79.9. The zero-order valence-electron chi connectivity index (χ0n) is 6.96. The Labute approximate surface area is 76.7 Å². The van der Waals surface area contributed by atoms with Gasteiger partial charge in [0.1, 0.15) is 0 Å². The molecule has 1 aliphatic rings. The van der Waals surface area contributed by atoms with Crippen LogP contribution in [0.4, 0.5) is 0 Å². The second-order valence-corrected chi connectivity index (χ2v) is 4.07. The highest BCUT2D eigenvalue weighted by Gasteiger charge is 2.24. The molecule has 2 atom stereocenters. The van der Waals surface area contributed by atoms with Crippen LogP contribution in [0, 0.1) is 5.92 Å². The summed E-state index contributed by atoms with van der Waals surface area (Å²) in [5.74, 6) is 0.508. The van der Waals surface area contributed by atoms with E-state index in [-0.39, 0.29) is 6.10 Å². The molecule has 0 aliphatic carbocycles. The summed E-state index contributed by atoms with van der Waals surface area (Å²) in [5, 5.41) is 10.3. The van der Waals surface area contributed by atoms with Crippen molar-refractivity contribution in [1.29, 1.82) is 0 Å². The standard InChI is InChI=1S/C8H16BrNO/c1-7(11)8-2-4-10(6-8)5-3-9/h7-8,11H,2-6H2,1H3. The van der Waals surface area contributed by atoms with Gasteiger partial charge in [-0.1, -0.05) is 15.9 Å². The van der Waals surface area contributed by atoms with E-state index in [0.29, 0.717) is 5.92 Å². The monoisotopic (exact) mass is 221 g/mol. The fraction of sp³-hybridized carbons (Fsp3) is 1.00. The van der Waals surface area contributed by atoms with Gasteiger partial charge in [0.2, 0.25) is 0 Å². The number of alkyl halides is 1. The summed E-state index contributed by atoms with van der Waals surface area (Å²) in [6.45, 7) is 5.23. The van der Waals surface area contributed by atoms with E-state index in [9.17, 15) is 5.11 Å². The summed E-state index contributed by atoms with van der Waals surface area (Å²) >= 11 is 3.41. The number of halogens is 1. The highest BCUT2D eigenvalue weighted by molar-refractivity contribution is 9.09. The fourth-order valence-corrected chi connectivity index (χ4v) is 2.08. The Balaban J connectivity index is 2.23. The number of rotatable bonds is 3. The Morgan fingerprint density at radius 2 is 2.45 bits per heavy atom. The summed E-state index contributed by atoms with van der Waals surface area (Å²) in [5.41, 5.74) is 0. The molecule has 1 aliphatic heterocycles. The van der Waals surface area contributed by atoms with Crippen LogP contribution in [-0.4, -0.2) is 41.1 Å². The number of hydrogen-bond acceptors (Lipinski definition) is 2. The van der Waals surface area contributed by atoms with Gasteiger partial charge >= 0.3 is 0 Å². The van der Waals surface area contributed by atoms with Gasteiger partial charge in [0, 0.05) is 18.4 Å². The van der Waals surface area contributed by atoms with E-state index in [1.54, 1.807) is 0 Å². The summed E-state index contributed by atoms with van der Waals surface area (Å²) in [6.07, 6.45) is 1.03. The maximum atomic E-state index is 9.30. The summed E-state index contributed by atoms with van der Waals surface area (Å²) in [4.78, 5) is 2.39. The SMILES string of the molecule is CC(O)C1CCN(CCBr)C1. The van der Waals surface area contributed by atoms with Gasteiger partial charge in [-0.25, -0.2) is 0 Å². The third-order valence-electron chi connectivity index (χ3n) is 2.39. The average Bonchev–Trinajstić information content (AvgIpc) is 2.37. The first-order valence-corrected chi connectivity index (χ1v) is 5.32. The molecule has 1 fully saturated rings. The molecule has 0 aromatic rings. The molecule has 1 N–H and O–H groups in total. The molecule has 0 saturated carbocycles. The molecule has 0 aromatic carbocycles. The van der Waals surface area contributed by atoms with Gasteiger partial charge in [0.25, 0.3) is 0 Å². The maximum Gasteiger partial charge on any atom is 0.0552 e. The molecule has 2 unspecified atom stereocenters. The molecule has 0 radical (unpaired) electrons. The number of aliphatic hydroxyl groups is 1. The third-order valence-corrected chi connectivity index (χ3v) is 2.75. The second kappa shape index (κ2) is 4.43. The average molecular weight is 222 g/mol. The van der Waals surface area contributed by atoms with E-state index in [1.165, 1.54) is 0 Å². The van der Waals surface area contributed by atoms with Crippen LogP contribution in [0.5, 0.6) is 0 Å². The molecule has 0 aromatic heterocycles. The summed E-state index contributed by atoms with van der Waals surface area (Å²) < 4.78 is 0. The molecule has 0 bridgehead atoms. The number of aliphatic hydroxyl groups excluding tert-OH is 1. The Bertz CT molecular complexity index is 119. The lowest BCUT2D eigenvalue weighted by atomic mass is 10.0. The van der Waals surface area contributed by atoms with Crippen LogP contribution in [-0.2, 0) is 0 Å². The van der Waals surface area contributed by atoms with Crippen LogP contribution in [0.25, 0.3) is 0 Å².